The number of benzene rings is 1. The average Bonchev–Trinajstić information content (AvgIpc) is 3.05. The zero-order valence-corrected chi connectivity index (χ0v) is 15.3. The molecule has 2 heterocycles. The number of fused-ring (bicyclic) bond motifs is 1. The van der Waals surface area contributed by atoms with Gasteiger partial charge in [0.25, 0.3) is 0 Å². The molecule has 1 aromatic heterocycles. The van der Waals surface area contributed by atoms with Gasteiger partial charge >= 0.3 is 5.97 Å². The molecule has 5 heteroatoms. The van der Waals surface area contributed by atoms with Gasteiger partial charge in [0.1, 0.15) is 0 Å². The normalized spacial score (nSPS) is 21.9. The predicted octanol–water partition coefficient (Wildman–Crippen LogP) is 3.03. The number of H-pyrrole nitrogens is 1. The van der Waals surface area contributed by atoms with E-state index in [2.05, 4.69) is 22.9 Å². The van der Waals surface area contributed by atoms with Crippen molar-refractivity contribution in [1.82, 2.24) is 10.3 Å². The zero-order valence-electron chi connectivity index (χ0n) is 15.3. The van der Waals surface area contributed by atoms with Gasteiger partial charge in [0.15, 0.2) is 0 Å². The molecule has 1 aliphatic heterocycles. The highest BCUT2D eigenvalue weighted by Crippen LogP contribution is 2.37. The molecular weight excluding hydrogens is 328 g/mol. The molecule has 0 saturated carbocycles. The third kappa shape index (κ3) is 3.32. The van der Waals surface area contributed by atoms with Crippen LogP contribution >= 0.6 is 0 Å². The summed E-state index contributed by atoms with van der Waals surface area (Å²) in [7, 11) is 1.39. The van der Waals surface area contributed by atoms with Crippen molar-refractivity contribution in [3.8, 4) is 0 Å². The van der Waals surface area contributed by atoms with Crippen molar-refractivity contribution in [2.24, 2.45) is 5.92 Å². The Morgan fingerprint density at radius 2 is 2.19 bits per heavy atom. The number of carbonyl (C=O) groups is 1. The van der Waals surface area contributed by atoms with Crippen LogP contribution in [0.5, 0.6) is 0 Å². The molecule has 3 N–H and O–H groups in total. The van der Waals surface area contributed by atoms with E-state index in [1.54, 1.807) is 0 Å². The minimum Gasteiger partial charge on any atom is -0.466 e. The number of esters is 1. The van der Waals surface area contributed by atoms with Crippen LogP contribution in [0.4, 0.5) is 0 Å². The fraction of sp³-hybridized carbons (Fsp3) is 0.381. The third-order valence-corrected chi connectivity index (χ3v) is 5.27. The number of methoxy groups -OCH3 is 1. The van der Waals surface area contributed by atoms with Gasteiger partial charge in [-0.2, -0.15) is 0 Å². The van der Waals surface area contributed by atoms with Crippen molar-refractivity contribution >= 4 is 16.9 Å². The quantitative estimate of drug-likeness (QED) is 0.438. The van der Waals surface area contributed by atoms with Gasteiger partial charge < -0.3 is 20.1 Å². The Labute approximate surface area is 153 Å². The Hall–Kier alpha value is -2.37. The van der Waals surface area contributed by atoms with Gasteiger partial charge in [0.2, 0.25) is 0 Å². The van der Waals surface area contributed by atoms with E-state index in [-0.39, 0.29) is 24.5 Å². The van der Waals surface area contributed by atoms with Gasteiger partial charge in [0.05, 0.1) is 7.11 Å². The van der Waals surface area contributed by atoms with E-state index in [0.29, 0.717) is 18.5 Å². The number of aromatic nitrogens is 1. The summed E-state index contributed by atoms with van der Waals surface area (Å²) in [6.45, 7) is 6.75. The summed E-state index contributed by atoms with van der Waals surface area (Å²) in [5.74, 6) is -0.408. The van der Waals surface area contributed by atoms with E-state index in [1.807, 2.05) is 31.2 Å². The summed E-state index contributed by atoms with van der Waals surface area (Å²) in [6.07, 6.45) is 3.36. The van der Waals surface area contributed by atoms with Crippen molar-refractivity contribution < 1.29 is 14.6 Å². The molecule has 2 unspecified atom stereocenters. The van der Waals surface area contributed by atoms with Gasteiger partial charge in [-0.1, -0.05) is 36.4 Å². The Balaban J connectivity index is 1.97. The molecule has 1 aliphatic rings. The number of hydrogen-bond acceptors (Lipinski definition) is 4. The van der Waals surface area contributed by atoms with E-state index in [1.165, 1.54) is 7.11 Å². The van der Waals surface area contributed by atoms with Crippen molar-refractivity contribution in [3.63, 3.8) is 0 Å². The zero-order chi connectivity index (χ0) is 18.7. The molecule has 26 heavy (non-hydrogen) atoms. The maximum Gasteiger partial charge on any atom is 0.333 e. The van der Waals surface area contributed by atoms with Gasteiger partial charge in [-0.15, -0.1) is 0 Å². The number of allylic oxidation sites excluding steroid dienone is 1. The lowest BCUT2D eigenvalue weighted by atomic mass is 9.81. The second-order valence-electron chi connectivity index (χ2n) is 6.64. The topological polar surface area (TPSA) is 74.4 Å². The number of rotatable bonds is 5. The molecule has 0 aliphatic carbocycles. The molecular formula is C21H26N2O3. The molecule has 1 saturated heterocycles. The van der Waals surface area contributed by atoms with E-state index < -0.39 is 0 Å². The number of ether oxygens (including phenoxy) is 1. The highest BCUT2D eigenvalue weighted by Gasteiger charge is 2.32. The van der Waals surface area contributed by atoms with E-state index in [9.17, 15) is 9.90 Å². The predicted molar refractivity (Wildman–Crippen MR) is 103 cm³/mol. The largest absolute Gasteiger partial charge is 0.466 e. The van der Waals surface area contributed by atoms with Crippen molar-refractivity contribution in [2.75, 3.05) is 20.3 Å². The number of piperidine rings is 1. The number of nitrogens with one attached hydrogen (secondary N) is 2. The van der Waals surface area contributed by atoms with Crippen molar-refractivity contribution in [3.05, 3.63) is 59.3 Å². The van der Waals surface area contributed by atoms with Gasteiger partial charge in [0, 0.05) is 47.3 Å². The molecule has 0 amide bonds. The van der Waals surface area contributed by atoms with Gasteiger partial charge in [-0.05, 0) is 31.4 Å². The SMILES string of the molecule is C=C(C(=O)OC)C1CC(c2[nH]c3ccccc3c2CCO)NC/C1=C\C. The first-order chi connectivity index (χ1) is 12.6. The van der Waals surface area contributed by atoms with Crippen LogP contribution in [0.15, 0.2) is 48.1 Å². The van der Waals surface area contributed by atoms with E-state index >= 15 is 0 Å². The van der Waals surface area contributed by atoms with Gasteiger partial charge in [-0.3, -0.25) is 0 Å². The fourth-order valence-electron chi connectivity index (χ4n) is 3.90. The summed E-state index contributed by atoms with van der Waals surface area (Å²) in [5.41, 5.74) is 4.92. The fourth-order valence-corrected chi connectivity index (χ4v) is 3.90. The van der Waals surface area contributed by atoms with Gasteiger partial charge in [-0.25, -0.2) is 4.79 Å². The summed E-state index contributed by atoms with van der Waals surface area (Å²) >= 11 is 0. The smallest absolute Gasteiger partial charge is 0.333 e. The standard InChI is InChI=1S/C21H26N2O3/c1-4-14-12-22-19(11-17(14)13(2)21(25)26-3)20-16(9-10-24)15-7-5-6-8-18(15)23-20/h4-8,17,19,22-24H,2,9-12H2,1,3H3/b14-4+. The lowest BCUT2D eigenvalue weighted by Crippen LogP contribution is -2.36. The molecule has 0 spiro atoms. The average molecular weight is 354 g/mol. The molecule has 1 aromatic carbocycles. The minimum atomic E-state index is -0.359. The summed E-state index contributed by atoms with van der Waals surface area (Å²) in [6, 6.07) is 8.18. The second-order valence-corrected chi connectivity index (χ2v) is 6.64. The number of para-hydroxylation sites is 1. The Kier molecular flexibility index (Phi) is 5.59. The summed E-state index contributed by atoms with van der Waals surface area (Å²) in [4.78, 5) is 15.5. The molecule has 138 valence electrons. The Morgan fingerprint density at radius 1 is 1.42 bits per heavy atom. The van der Waals surface area contributed by atoms with Crippen LogP contribution in [-0.4, -0.2) is 36.3 Å². The molecule has 1 fully saturated rings. The van der Waals surface area contributed by atoms with Crippen molar-refractivity contribution in [1.29, 1.82) is 0 Å². The second kappa shape index (κ2) is 7.89. The van der Waals surface area contributed by atoms with Crippen LogP contribution < -0.4 is 5.32 Å². The number of hydrogen-bond donors (Lipinski definition) is 3. The van der Waals surface area contributed by atoms with Crippen LogP contribution in [0.25, 0.3) is 10.9 Å². The number of aliphatic hydroxyl groups excluding tert-OH is 1. The van der Waals surface area contributed by atoms with E-state index in [0.717, 1.165) is 34.2 Å². The van der Waals surface area contributed by atoms with E-state index in [4.69, 9.17) is 4.74 Å². The Bertz CT molecular complexity index is 850. The molecule has 0 bridgehead atoms. The highest BCUT2D eigenvalue weighted by molar-refractivity contribution is 5.89. The van der Waals surface area contributed by atoms with Crippen LogP contribution in [-0.2, 0) is 16.0 Å². The Morgan fingerprint density at radius 3 is 2.88 bits per heavy atom. The maximum atomic E-state index is 12.0. The first-order valence-electron chi connectivity index (χ1n) is 8.96. The lowest BCUT2D eigenvalue weighted by molar-refractivity contribution is -0.136. The highest BCUT2D eigenvalue weighted by atomic mass is 16.5. The van der Waals surface area contributed by atoms with Crippen molar-refractivity contribution in [2.45, 2.75) is 25.8 Å². The number of aliphatic hydroxyl groups is 1. The molecule has 2 atom stereocenters. The van der Waals surface area contributed by atoms with Crippen LogP contribution in [0.3, 0.4) is 0 Å². The summed E-state index contributed by atoms with van der Waals surface area (Å²) < 4.78 is 4.88. The van der Waals surface area contributed by atoms with Crippen LogP contribution in [0.2, 0.25) is 0 Å². The molecule has 0 radical (unpaired) electrons. The lowest BCUT2D eigenvalue weighted by Gasteiger charge is -2.33. The van der Waals surface area contributed by atoms with Crippen LogP contribution in [0, 0.1) is 5.92 Å². The molecule has 3 rings (SSSR count). The number of carbonyl (C=O) groups excluding carboxylic acids is 1. The first-order valence-corrected chi connectivity index (χ1v) is 8.96. The minimum absolute atomic E-state index is 0.0490. The number of aromatic amines is 1. The first kappa shape index (κ1) is 18.4. The third-order valence-electron chi connectivity index (χ3n) is 5.27. The monoisotopic (exact) mass is 354 g/mol. The molecule has 2 aromatic rings. The van der Waals surface area contributed by atoms with Crippen LogP contribution in [0.1, 0.15) is 30.6 Å². The molecule has 5 nitrogen and oxygen atoms in total. The summed E-state index contributed by atoms with van der Waals surface area (Å²) in [5, 5.41) is 14.2. The maximum absolute atomic E-state index is 12.0.